The van der Waals surface area contributed by atoms with E-state index >= 15 is 0 Å². The first-order valence-electron chi connectivity index (χ1n) is 8.98. The summed E-state index contributed by atoms with van der Waals surface area (Å²) in [5.74, 6) is -1.56. The molecule has 0 heterocycles. The molecule has 24 heavy (non-hydrogen) atoms. The lowest BCUT2D eigenvalue weighted by Gasteiger charge is -2.05. The lowest BCUT2D eigenvalue weighted by Crippen LogP contribution is -2.08. The molecule has 1 unspecified atom stereocenters. The molecule has 0 aromatic heterocycles. The number of halogens is 2. The van der Waals surface area contributed by atoms with E-state index in [4.69, 9.17) is 10.2 Å². The van der Waals surface area contributed by atoms with Gasteiger partial charge in [-0.15, -0.1) is 24.8 Å². The van der Waals surface area contributed by atoms with Gasteiger partial charge in [0.05, 0.1) is 5.92 Å². The Morgan fingerprint density at radius 3 is 1.33 bits per heavy atom. The van der Waals surface area contributed by atoms with Crippen molar-refractivity contribution in [1.29, 1.82) is 0 Å². The van der Waals surface area contributed by atoms with Crippen LogP contribution < -0.4 is 0 Å². The second-order valence-electron chi connectivity index (χ2n) is 6.41. The van der Waals surface area contributed by atoms with E-state index in [0.29, 0.717) is 6.42 Å². The van der Waals surface area contributed by atoms with E-state index in [-0.39, 0.29) is 30.7 Å². The number of aliphatic carboxylic acids is 2. The Labute approximate surface area is 159 Å². The number of carbonyl (C=O) groups is 2. The van der Waals surface area contributed by atoms with Gasteiger partial charge >= 0.3 is 11.9 Å². The Bertz CT molecular complexity index is 299. The van der Waals surface area contributed by atoms with Crippen LogP contribution in [0.5, 0.6) is 0 Å². The summed E-state index contributed by atoms with van der Waals surface area (Å²) in [4.78, 5) is 21.0. The quantitative estimate of drug-likeness (QED) is 0.314. The SMILES string of the molecule is CC(CCCCCCCCCCCCCCC(=O)O)C(=O)O.Cl.Cl. The lowest BCUT2D eigenvalue weighted by atomic mass is 10.0. The topological polar surface area (TPSA) is 74.6 Å². The zero-order valence-electron chi connectivity index (χ0n) is 15.0. The van der Waals surface area contributed by atoms with Crippen LogP contribution in [0.15, 0.2) is 0 Å². The molecule has 0 fully saturated rings. The molecule has 4 nitrogen and oxygen atoms in total. The van der Waals surface area contributed by atoms with E-state index in [0.717, 1.165) is 38.5 Å². The Kier molecular flexibility index (Phi) is 24.3. The molecule has 0 aliphatic carbocycles. The number of carboxylic acid groups (broad SMARTS) is 2. The van der Waals surface area contributed by atoms with E-state index in [1.807, 2.05) is 0 Å². The summed E-state index contributed by atoms with van der Waals surface area (Å²) < 4.78 is 0. The van der Waals surface area contributed by atoms with E-state index < -0.39 is 11.9 Å². The fraction of sp³-hybridized carbons (Fsp3) is 0.889. The highest BCUT2D eigenvalue weighted by Crippen LogP contribution is 2.14. The number of hydrogen-bond donors (Lipinski definition) is 2. The number of carboxylic acids is 2. The minimum Gasteiger partial charge on any atom is -0.481 e. The van der Waals surface area contributed by atoms with Crippen LogP contribution in [0.2, 0.25) is 0 Å². The molecule has 0 rings (SSSR count). The molecule has 6 heteroatoms. The summed E-state index contributed by atoms with van der Waals surface area (Å²) in [6.07, 6.45) is 15.2. The van der Waals surface area contributed by atoms with Crippen LogP contribution in [-0.4, -0.2) is 22.2 Å². The van der Waals surface area contributed by atoms with Crippen LogP contribution >= 0.6 is 24.8 Å². The van der Waals surface area contributed by atoms with E-state index in [1.165, 1.54) is 44.9 Å². The first-order chi connectivity index (χ1) is 10.5. The molecule has 0 saturated carbocycles. The molecule has 2 N–H and O–H groups in total. The highest BCUT2D eigenvalue weighted by Gasteiger charge is 2.09. The van der Waals surface area contributed by atoms with Crippen LogP contribution in [0, 0.1) is 5.92 Å². The number of unbranched alkanes of at least 4 members (excludes halogenated alkanes) is 11. The molecule has 1 atom stereocenters. The summed E-state index contributed by atoms with van der Waals surface area (Å²) in [5, 5.41) is 17.3. The van der Waals surface area contributed by atoms with E-state index in [9.17, 15) is 9.59 Å². The minimum absolute atomic E-state index is 0. The van der Waals surface area contributed by atoms with Crippen molar-refractivity contribution in [3.05, 3.63) is 0 Å². The fourth-order valence-electron chi connectivity index (χ4n) is 2.62. The highest BCUT2D eigenvalue weighted by molar-refractivity contribution is 5.85. The predicted octanol–water partition coefficient (Wildman–Crippen LogP) is 6.10. The van der Waals surface area contributed by atoms with Gasteiger partial charge in [0.15, 0.2) is 0 Å². The van der Waals surface area contributed by atoms with Crippen LogP contribution in [0.25, 0.3) is 0 Å². The Morgan fingerprint density at radius 1 is 0.667 bits per heavy atom. The molecule has 0 radical (unpaired) electrons. The second kappa shape index (κ2) is 20.6. The molecular weight excluding hydrogens is 351 g/mol. The van der Waals surface area contributed by atoms with Gasteiger partial charge in [0.2, 0.25) is 0 Å². The first kappa shape index (κ1) is 28.3. The molecule has 0 aromatic rings. The summed E-state index contributed by atoms with van der Waals surface area (Å²) in [7, 11) is 0. The number of hydrogen-bond acceptors (Lipinski definition) is 2. The van der Waals surface area contributed by atoms with Gasteiger partial charge in [-0.1, -0.05) is 77.6 Å². The second-order valence-corrected chi connectivity index (χ2v) is 6.41. The summed E-state index contributed by atoms with van der Waals surface area (Å²) in [6.45, 7) is 1.78. The van der Waals surface area contributed by atoms with Crippen LogP contribution in [0.3, 0.4) is 0 Å². The number of rotatable bonds is 16. The normalized spacial score (nSPS) is 11.2. The van der Waals surface area contributed by atoms with Gasteiger partial charge < -0.3 is 10.2 Å². The van der Waals surface area contributed by atoms with Gasteiger partial charge in [-0.05, 0) is 12.8 Å². The molecule has 0 spiro atoms. The smallest absolute Gasteiger partial charge is 0.306 e. The van der Waals surface area contributed by atoms with Crippen molar-refractivity contribution < 1.29 is 19.8 Å². The Morgan fingerprint density at radius 2 is 1.00 bits per heavy atom. The predicted molar refractivity (Wildman–Crippen MR) is 104 cm³/mol. The lowest BCUT2D eigenvalue weighted by molar-refractivity contribution is -0.141. The minimum atomic E-state index is -0.683. The summed E-state index contributed by atoms with van der Waals surface area (Å²) in [5.41, 5.74) is 0. The molecule has 0 aliphatic heterocycles. The van der Waals surface area contributed by atoms with Gasteiger partial charge in [0, 0.05) is 6.42 Å². The van der Waals surface area contributed by atoms with Crippen molar-refractivity contribution in [3.8, 4) is 0 Å². The van der Waals surface area contributed by atoms with Gasteiger partial charge in [0.25, 0.3) is 0 Å². The maximum Gasteiger partial charge on any atom is 0.306 e. The largest absolute Gasteiger partial charge is 0.481 e. The van der Waals surface area contributed by atoms with Crippen molar-refractivity contribution in [2.75, 3.05) is 0 Å². The highest BCUT2D eigenvalue weighted by atomic mass is 35.5. The third kappa shape index (κ3) is 21.5. The zero-order valence-corrected chi connectivity index (χ0v) is 16.6. The van der Waals surface area contributed by atoms with Crippen molar-refractivity contribution in [1.82, 2.24) is 0 Å². The maximum atomic E-state index is 10.7. The van der Waals surface area contributed by atoms with Crippen LogP contribution in [0.4, 0.5) is 0 Å². The average molecular weight is 387 g/mol. The molecule has 146 valence electrons. The van der Waals surface area contributed by atoms with Crippen molar-refractivity contribution in [3.63, 3.8) is 0 Å². The van der Waals surface area contributed by atoms with Gasteiger partial charge in [-0.2, -0.15) is 0 Å². The molecular formula is C18H36Cl2O4. The van der Waals surface area contributed by atoms with Crippen LogP contribution in [-0.2, 0) is 9.59 Å². The monoisotopic (exact) mass is 386 g/mol. The zero-order chi connectivity index (χ0) is 16.6. The fourth-order valence-corrected chi connectivity index (χ4v) is 2.62. The van der Waals surface area contributed by atoms with Crippen molar-refractivity contribution in [2.45, 2.75) is 96.8 Å². The standard InChI is InChI=1S/C18H34O4.2ClH/c1-16(18(21)22)14-12-10-8-6-4-2-3-5-7-9-11-13-15-17(19)20;;/h16H,2-15H2,1H3,(H,19,20)(H,21,22);2*1H. The molecule has 0 aliphatic rings. The summed E-state index contributed by atoms with van der Waals surface area (Å²) in [6, 6.07) is 0. The molecule has 0 saturated heterocycles. The van der Waals surface area contributed by atoms with Gasteiger partial charge in [-0.25, -0.2) is 0 Å². The van der Waals surface area contributed by atoms with Crippen molar-refractivity contribution in [2.24, 2.45) is 5.92 Å². The molecule has 0 aromatic carbocycles. The molecule has 0 amide bonds. The Balaban J connectivity index is -0.00000220. The molecule has 0 bridgehead atoms. The average Bonchev–Trinajstić information content (AvgIpc) is 2.46. The third-order valence-corrected chi connectivity index (χ3v) is 4.20. The Hall–Kier alpha value is -0.480. The third-order valence-electron chi connectivity index (χ3n) is 4.20. The van der Waals surface area contributed by atoms with E-state index in [2.05, 4.69) is 0 Å². The first-order valence-corrected chi connectivity index (χ1v) is 8.98. The van der Waals surface area contributed by atoms with Gasteiger partial charge in [0.1, 0.15) is 0 Å². The van der Waals surface area contributed by atoms with Crippen molar-refractivity contribution >= 4 is 36.8 Å². The summed E-state index contributed by atoms with van der Waals surface area (Å²) >= 11 is 0. The maximum absolute atomic E-state index is 10.7. The van der Waals surface area contributed by atoms with E-state index in [1.54, 1.807) is 6.92 Å². The van der Waals surface area contributed by atoms with Gasteiger partial charge in [-0.3, -0.25) is 9.59 Å². The van der Waals surface area contributed by atoms with Crippen LogP contribution in [0.1, 0.15) is 96.8 Å².